The molecule has 0 bridgehead atoms. The maximum atomic E-state index is 14.4. The van der Waals surface area contributed by atoms with E-state index in [1.807, 2.05) is 0 Å². The molecule has 25 heavy (non-hydrogen) atoms. The first-order chi connectivity index (χ1) is 11.8. The lowest BCUT2D eigenvalue weighted by Crippen LogP contribution is -2.44. The van der Waals surface area contributed by atoms with Gasteiger partial charge in [0.15, 0.2) is 0 Å². The number of halogens is 4. The highest BCUT2D eigenvalue weighted by Gasteiger charge is 2.48. The Balaban J connectivity index is 1.53. The van der Waals surface area contributed by atoms with Crippen LogP contribution in [0.4, 0.5) is 17.6 Å². The average molecular weight is 357 g/mol. The lowest BCUT2D eigenvalue weighted by molar-refractivity contribution is -0.138. The molecule has 4 atom stereocenters. The minimum absolute atomic E-state index is 0.0650. The van der Waals surface area contributed by atoms with Crippen molar-refractivity contribution in [3.05, 3.63) is 35.1 Å². The van der Waals surface area contributed by atoms with Gasteiger partial charge in [-0.25, -0.2) is 4.39 Å². The van der Waals surface area contributed by atoms with Crippen molar-refractivity contribution in [1.82, 2.24) is 5.32 Å². The number of fused-ring (bicyclic) bond motifs is 1. The molecule has 0 radical (unpaired) electrons. The van der Waals surface area contributed by atoms with E-state index in [9.17, 15) is 22.4 Å². The zero-order valence-electron chi connectivity index (χ0n) is 13.5. The molecule has 1 heterocycles. The molecule has 3 nitrogen and oxygen atoms in total. The fraction of sp³-hybridized carbons (Fsp3) is 0.611. The smallest absolute Gasteiger partial charge is 0.381 e. The number of carbonyl (C=O) groups excluding carboxylic acids is 1. The van der Waals surface area contributed by atoms with E-state index >= 15 is 0 Å². The molecule has 0 aromatic heterocycles. The summed E-state index contributed by atoms with van der Waals surface area (Å²) in [6, 6.07) is 1.84. The van der Waals surface area contributed by atoms with E-state index in [-0.39, 0.29) is 23.3 Å². The quantitative estimate of drug-likeness (QED) is 0.835. The molecular weight excluding hydrogens is 338 g/mol. The van der Waals surface area contributed by atoms with Gasteiger partial charge in [0.1, 0.15) is 5.82 Å². The van der Waals surface area contributed by atoms with Gasteiger partial charge in [0.25, 0.3) is 0 Å². The second-order valence-corrected chi connectivity index (χ2v) is 7.44. The van der Waals surface area contributed by atoms with Crippen LogP contribution in [0.25, 0.3) is 0 Å². The minimum Gasteiger partial charge on any atom is -0.381 e. The minimum atomic E-state index is -4.59. The number of hydrogen-bond acceptors (Lipinski definition) is 2. The summed E-state index contributed by atoms with van der Waals surface area (Å²) in [5, 5.41) is 2.88. The van der Waals surface area contributed by atoms with Crippen molar-refractivity contribution in [2.45, 2.75) is 31.5 Å². The first-order valence-electron chi connectivity index (χ1n) is 8.57. The van der Waals surface area contributed by atoms with E-state index in [0.717, 1.165) is 25.0 Å². The van der Waals surface area contributed by atoms with Crippen LogP contribution in [0.15, 0.2) is 18.2 Å². The highest BCUT2D eigenvalue weighted by Crippen LogP contribution is 2.54. The third-order valence-electron chi connectivity index (χ3n) is 5.71. The Bertz CT molecular complexity index is 676. The summed E-state index contributed by atoms with van der Waals surface area (Å²) in [5.74, 6) is 0.0358. The molecule has 136 valence electrons. The largest absolute Gasteiger partial charge is 0.416 e. The molecule has 7 heteroatoms. The number of benzene rings is 1. The Labute approximate surface area is 142 Å². The number of carbonyl (C=O) groups is 1. The predicted octanol–water partition coefficient (Wildman–Crippen LogP) is 3.69. The maximum absolute atomic E-state index is 14.4. The van der Waals surface area contributed by atoms with Crippen molar-refractivity contribution in [1.29, 1.82) is 0 Å². The Morgan fingerprint density at radius 3 is 2.36 bits per heavy atom. The summed E-state index contributed by atoms with van der Waals surface area (Å²) < 4.78 is 57.7. The highest BCUT2D eigenvalue weighted by molar-refractivity contribution is 5.79. The monoisotopic (exact) mass is 357 g/mol. The van der Waals surface area contributed by atoms with Crippen molar-refractivity contribution in [3.63, 3.8) is 0 Å². The lowest BCUT2D eigenvalue weighted by atomic mass is 9.89. The number of rotatable bonds is 4. The SMILES string of the molecule is O=C(N[C@@H](c1ccc(C(F)(F)F)cc1F)C1COC1)C1C[C@@H]2C[C@@H]2C1. The van der Waals surface area contributed by atoms with Crippen LogP contribution in [0, 0.1) is 29.5 Å². The zero-order valence-corrected chi connectivity index (χ0v) is 13.5. The van der Waals surface area contributed by atoms with Gasteiger partial charge in [-0.1, -0.05) is 6.07 Å². The van der Waals surface area contributed by atoms with Gasteiger partial charge in [-0.15, -0.1) is 0 Å². The molecule has 1 aromatic rings. The predicted molar refractivity (Wildman–Crippen MR) is 80.9 cm³/mol. The molecule has 0 spiro atoms. The van der Waals surface area contributed by atoms with Gasteiger partial charge in [-0.3, -0.25) is 4.79 Å². The number of alkyl halides is 3. The van der Waals surface area contributed by atoms with Crippen molar-refractivity contribution >= 4 is 5.91 Å². The molecular formula is C18H19F4NO2. The van der Waals surface area contributed by atoms with Gasteiger partial charge in [0.2, 0.25) is 5.91 Å². The fourth-order valence-electron chi connectivity index (χ4n) is 4.05. The standard InChI is InChI=1S/C18H19F4NO2/c19-15-6-13(18(20,21)22)1-2-14(15)16(12-7-25-8-12)23-17(24)11-4-9-3-10(9)5-11/h1-2,6,9-12,16H,3-5,7-8H2,(H,23,24)/t9-,10+,11?,16-/m1/s1. The van der Waals surface area contributed by atoms with E-state index in [2.05, 4.69) is 5.32 Å². The average Bonchev–Trinajstić information content (AvgIpc) is 3.09. The molecule has 1 amide bonds. The fourth-order valence-corrected chi connectivity index (χ4v) is 4.05. The van der Waals surface area contributed by atoms with Crippen molar-refractivity contribution in [2.75, 3.05) is 13.2 Å². The van der Waals surface area contributed by atoms with Crippen molar-refractivity contribution < 1.29 is 27.1 Å². The summed E-state index contributed by atoms with van der Waals surface area (Å²) >= 11 is 0. The molecule has 2 aliphatic carbocycles. The molecule has 3 fully saturated rings. The molecule has 4 rings (SSSR count). The first-order valence-corrected chi connectivity index (χ1v) is 8.57. The van der Waals surface area contributed by atoms with E-state index in [1.165, 1.54) is 6.42 Å². The lowest BCUT2D eigenvalue weighted by Gasteiger charge is -2.35. The molecule has 1 saturated heterocycles. The van der Waals surface area contributed by atoms with Crippen LogP contribution in [0.5, 0.6) is 0 Å². The van der Waals surface area contributed by atoms with E-state index in [0.29, 0.717) is 31.1 Å². The number of amides is 1. The van der Waals surface area contributed by atoms with Gasteiger partial charge >= 0.3 is 6.18 Å². The van der Waals surface area contributed by atoms with Crippen LogP contribution in [0.3, 0.4) is 0 Å². The third kappa shape index (κ3) is 3.26. The molecule has 3 aliphatic rings. The van der Waals surface area contributed by atoms with Gasteiger partial charge < -0.3 is 10.1 Å². The van der Waals surface area contributed by atoms with Crippen LogP contribution < -0.4 is 5.32 Å². The van der Waals surface area contributed by atoms with Crippen LogP contribution in [-0.2, 0) is 15.7 Å². The molecule has 1 aliphatic heterocycles. The topological polar surface area (TPSA) is 38.3 Å². The summed E-state index contributed by atoms with van der Waals surface area (Å²) in [4.78, 5) is 12.5. The van der Waals surface area contributed by atoms with E-state index in [1.54, 1.807) is 0 Å². The molecule has 2 saturated carbocycles. The molecule has 1 aromatic carbocycles. The zero-order chi connectivity index (χ0) is 17.8. The second kappa shape index (κ2) is 5.97. The number of nitrogens with one attached hydrogen (secondary N) is 1. The van der Waals surface area contributed by atoms with Crippen LogP contribution in [0.1, 0.15) is 36.4 Å². The summed E-state index contributed by atoms with van der Waals surface area (Å²) in [6.07, 6.45) is -1.68. The Morgan fingerprint density at radius 1 is 1.16 bits per heavy atom. The Hall–Kier alpha value is -1.63. The first kappa shape index (κ1) is 16.8. The molecule has 1 N–H and O–H groups in total. The Morgan fingerprint density at radius 2 is 1.84 bits per heavy atom. The van der Waals surface area contributed by atoms with E-state index in [4.69, 9.17) is 4.74 Å². The summed E-state index contributed by atoms with van der Waals surface area (Å²) in [6.45, 7) is 0.725. The number of ether oxygens (including phenoxy) is 1. The van der Waals surface area contributed by atoms with Crippen LogP contribution >= 0.6 is 0 Å². The van der Waals surface area contributed by atoms with Gasteiger partial charge in [-0.2, -0.15) is 13.2 Å². The van der Waals surface area contributed by atoms with E-state index < -0.39 is 23.6 Å². The van der Waals surface area contributed by atoms with Crippen molar-refractivity contribution in [2.24, 2.45) is 23.7 Å². The highest BCUT2D eigenvalue weighted by atomic mass is 19.4. The van der Waals surface area contributed by atoms with Gasteiger partial charge in [-0.05, 0) is 43.2 Å². The molecule has 1 unspecified atom stereocenters. The summed E-state index contributed by atoms with van der Waals surface area (Å²) in [7, 11) is 0. The summed E-state index contributed by atoms with van der Waals surface area (Å²) in [5.41, 5.74) is -0.933. The second-order valence-electron chi connectivity index (χ2n) is 7.44. The van der Waals surface area contributed by atoms with Crippen molar-refractivity contribution in [3.8, 4) is 0 Å². The van der Waals surface area contributed by atoms with Crippen LogP contribution in [0.2, 0.25) is 0 Å². The Kier molecular flexibility index (Phi) is 4.02. The number of hydrogen-bond donors (Lipinski definition) is 1. The maximum Gasteiger partial charge on any atom is 0.416 e. The van der Waals surface area contributed by atoms with Gasteiger partial charge in [0.05, 0.1) is 24.8 Å². The van der Waals surface area contributed by atoms with Gasteiger partial charge in [0, 0.05) is 17.4 Å². The third-order valence-corrected chi connectivity index (χ3v) is 5.71. The normalized spacial score (nSPS) is 29.7. The van der Waals surface area contributed by atoms with Crippen LogP contribution in [-0.4, -0.2) is 19.1 Å².